The number of carbonyl (C=O) groups is 1. The molecule has 1 fully saturated rings. The molecule has 6 nitrogen and oxygen atoms in total. The van der Waals surface area contributed by atoms with E-state index in [9.17, 15) is 9.90 Å². The fourth-order valence-electron chi connectivity index (χ4n) is 1.67. The zero-order valence-corrected chi connectivity index (χ0v) is 9.13. The summed E-state index contributed by atoms with van der Waals surface area (Å²) >= 11 is 0. The van der Waals surface area contributed by atoms with Crippen molar-refractivity contribution in [1.29, 1.82) is 0 Å². The van der Waals surface area contributed by atoms with E-state index in [1.807, 2.05) is 7.05 Å². The number of amides is 1. The smallest absolute Gasteiger partial charge is 0.259 e. The van der Waals surface area contributed by atoms with Gasteiger partial charge in [0.15, 0.2) is 0 Å². The maximum atomic E-state index is 12.0. The van der Waals surface area contributed by atoms with Crippen molar-refractivity contribution in [2.75, 3.05) is 33.2 Å². The minimum Gasteiger partial charge on any atom is -0.492 e. The summed E-state index contributed by atoms with van der Waals surface area (Å²) in [5.41, 5.74) is 0.222. The van der Waals surface area contributed by atoms with Crippen molar-refractivity contribution in [1.82, 2.24) is 20.0 Å². The van der Waals surface area contributed by atoms with Crippen molar-refractivity contribution < 1.29 is 9.90 Å². The lowest BCUT2D eigenvalue weighted by Gasteiger charge is -2.32. The van der Waals surface area contributed by atoms with Crippen LogP contribution in [0.25, 0.3) is 0 Å². The molecule has 0 unspecified atom stereocenters. The maximum absolute atomic E-state index is 12.0. The highest BCUT2D eigenvalue weighted by atomic mass is 16.3. The highest BCUT2D eigenvalue weighted by Crippen LogP contribution is 2.14. The summed E-state index contributed by atoms with van der Waals surface area (Å²) in [6.07, 6.45) is 1.41. The van der Waals surface area contributed by atoms with E-state index in [1.165, 1.54) is 12.3 Å². The van der Waals surface area contributed by atoms with Gasteiger partial charge in [-0.1, -0.05) is 0 Å². The molecule has 1 amide bonds. The van der Waals surface area contributed by atoms with E-state index in [4.69, 9.17) is 0 Å². The fourth-order valence-corrected chi connectivity index (χ4v) is 1.67. The van der Waals surface area contributed by atoms with Crippen molar-refractivity contribution >= 4 is 5.91 Å². The second-order valence-corrected chi connectivity index (χ2v) is 3.86. The van der Waals surface area contributed by atoms with Crippen LogP contribution in [0.1, 0.15) is 10.4 Å². The van der Waals surface area contributed by atoms with E-state index < -0.39 is 0 Å². The van der Waals surface area contributed by atoms with Crippen LogP contribution in [-0.4, -0.2) is 64.2 Å². The van der Waals surface area contributed by atoms with E-state index in [0.717, 1.165) is 13.1 Å². The highest BCUT2D eigenvalue weighted by molar-refractivity contribution is 5.96. The van der Waals surface area contributed by atoms with Gasteiger partial charge in [0, 0.05) is 26.2 Å². The summed E-state index contributed by atoms with van der Waals surface area (Å²) < 4.78 is 0. The number of rotatable bonds is 1. The van der Waals surface area contributed by atoms with E-state index in [2.05, 4.69) is 15.1 Å². The van der Waals surface area contributed by atoms with Gasteiger partial charge in [-0.2, -0.15) is 5.10 Å². The van der Waals surface area contributed by atoms with E-state index >= 15 is 0 Å². The summed E-state index contributed by atoms with van der Waals surface area (Å²) in [6, 6.07) is 1.49. The fraction of sp³-hybridized carbons (Fsp3) is 0.500. The first kappa shape index (κ1) is 10.8. The predicted molar refractivity (Wildman–Crippen MR) is 57.1 cm³/mol. The Morgan fingerprint density at radius 2 is 2.06 bits per heavy atom. The summed E-state index contributed by atoms with van der Waals surface area (Å²) in [5.74, 6) is -0.480. The van der Waals surface area contributed by atoms with Crippen LogP contribution < -0.4 is 0 Å². The van der Waals surface area contributed by atoms with Crippen molar-refractivity contribution in [3.8, 4) is 5.88 Å². The molecule has 0 aromatic carbocycles. The van der Waals surface area contributed by atoms with E-state index in [-0.39, 0.29) is 17.4 Å². The third kappa shape index (κ3) is 2.11. The number of piperazine rings is 1. The van der Waals surface area contributed by atoms with Gasteiger partial charge in [-0.15, -0.1) is 5.10 Å². The molecule has 0 spiro atoms. The Labute approximate surface area is 93.5 Å². The number of hydrogen-bond acceptors (Lipinski definition) is 5. The summed E-state index contributed by atoms with van der Waals surface area (Å²) in [7, 11) is 2.02. The van der Waals surface area contributed by atoms with Crippen LogP contribution in [0.2, 0.25) is 0 Å². The Hall–Kier alpha value is -1.69. The lowest BCUT2D eigenvalue weighted by Crippen LogP contribution is -2.47. The van der Waals surface area contributed by atoms with Gasteiger partial charge >= 0.3 is 0 Å². The standard InChI is InChI=1S/C10H14N4O2/c1-13-4-6-14(7-5-13)10(16)8-2-3-11-12-9(8)15/h2-3H,4-7H2,1H3,(H,12,15). The molecule has 0 aliphatic carbocycles. The Bertz CT molecular complexity index is 388. The molecule has 2 rings (SSSR count). The number of aromatic nitrogens is 2. The minimum absolute atomic E-state index is 0.180. The SMILES string of the molecule is CN1CCN(C(=O)c2ccnnc2O)CC1. The van der Waals surface area contributed by atoms with Crippen LogP contribution in [-0.2, 0) is 0 Å². The van der Waals surface area contributed by atoms with Crippen LogP contribution >= 0.6 is 0 Å². The normalized spacial score (nSPS) is 17.4. The van der Waals surface area contributed by atoms with Gasteiger partial charge in [0.05, 0.1) is 6.20 Å². The van der Waals surface area contributed by atoms with Crippen LogP contribution in [0.15, 0.2) is 12.3 Å². The molecule has 1 aromatic heterocycles. The van der Waals surface area contributed by atoms with Gasteiger partial charge in [-0.25, -0.2) is 0 Å². The van der Waals surface area contributed by atoms with Crippen LogP contribution in [0.4, 0.5) is 0 Å². The molecule has 1 aliphatic rings. The quantitative estimate of drug-likeness (QED) is 0.698. The van der Waals surface area contributed by atoms with Gasteiger partial charge in [-0.3, -0.25) is 4.79 Å². The monoisotopic (exact) mass is 222 g/mol. The second kappa shape index (κ2) is 4.44. The molecule has 1 saturated heterocycles. The van der Waals surface area contributed by atoms with Crippen LogP contribution in [0, 0.1) is 0 Å². The van der Waals surface area contributed by atoms with Crippen molar-refractivity contribution in [2.24, 2.45) is 0 Å². The summed E-state index contributed by atoms with van der Waals surface area (Å²) in [6.45, 7) is 3.06. The lowest BCUT2D eigenvalue weighted by atomic mass is 10.2. The molecule has 1 aromatic rings. The average Bonchev–Trinajstić information content (AvgIpc) is 2.30. The van der Waals surface area contributed by atoms with E-state index in [0.29, 0.717) is 13.1 Å². The number of hydrogen-bond donors (Lipinski definition) is 1. The first-order valence-electron chi connectivity index (χ1n) is 5.17. The first-order valence-corrected chi connectivity index (χ1v) is 5.17. The average molecular weight is 222 g/mol. The number of aromatic hydroxyl groups is 1. The Kier molecular flexibility index (Phi) is 3.00. The first-order chi connectivity index (χ1) is 7.68. The molecule has 2 heterocycles. The maximum Gasteiger partial charge on any atom is 0.259 e. The van der Waals surface area contributed by atoms with Crippen molar-refractivity contribution in [2.45, 2.75) is 0 Å². The molecule has 1 aliphatic heterocycles. The third-order valence-electron chi connectivity index (χ3n) is 2.72. The summed E-state index contributed by atoms with van der Waals surface area (Å²) in [4.78, 5) is 15.9. The van der Waals surface area contributed by atoms with Crippen molar-refractivity contribution in [3.05, 3.63) is 17.8 Å². The van der Waals surface area contributed by atoms with E-state index in [1.54, 1.807) is 4.90 Å². The zero-order valence-electron chi connectivity index (χ0n) is 9.13. The molecular formula is C10H14N4O2. The molecular weight excluding hydrogens is 208 g/mol. The second-order valence-electron chi connectivity index (χ2n) is 3.86. The largest absolute Gasteiger partial charge is 0.492 e. The summed E-state index contributed by atoms with van der Waals surface area (Å²) in [5, 5.41) is 16.4. The number of nitrogens with zero attached hydrogens (tertiary/aromatic N) is 4. The Morgan fingerprint density at radius 3 is 2.69 bits per heavy atom. The third-order valence-corrected chi connectivity index (χ3v) is 2.72. The molecule has 0 radical (unpaired) electrons. The zero-order chi connectivity index (χ0) is 11.5. The molecule has 0 saturated carbocycles. The predicted octanol–water partition coefficient (Wildman–Crippen LogP) is -0.430. The topological polar surface area (TPSA) is 69.6 Å². The van der Waals surface area contributed by atoms with Crippen LogP contribution in [0.5, 0.6) is 5.88 Å². The van der Waals surface area contributed by atoms with Crippen LogP contribution in [0.3, 0.4) is 0 Å². The van der Waals surface area contributed by atoms with Gasteiger partial charge in [0.25, 0.3) is 5.91 Å². The number of likely N-dealkylation sites (N-methyl/N-ethyl adjacent to an activating group) is 1. The molecule has 0 atom stereocenters. The molecule has 6 heteroatoms. The van der Waals surface area contributed by atoms with Gasteiger partial charge in [0.2, 0.25) is 5.88 Å². The highest BCUT2D eigenvalue weighted by Gasteiger charge is 2.22. The molecule has 16 heavy (non-hydrogen) atoms. The van der Waals surface area contributed by atoms with Gasteiger partial charge < -0.3 is 14.9 Å². The lowest BCUT2D eigenvalue weighted by molar-refractivity contribution is 0.0660. The Morgan fingerprint density at radius 1 is 1.38 bits per heavy atom. The molecule has 86 valence electrons. The van der Waals surface area contributed by atoms with Crippen molar-refractivity contribution in [3.63, 3.8) is 0 Å². The van der Waals surface area contributed by atoms with Gasteiger partial charge in [0.1, 0.15) is 5.56 Å². The number of carbonyl (C=O) groups excluding carboxylic acids is 1. The molecule has 0 bridgehead atoms. The van der Waals surface area contributed by atoms with Gasteiger partial charge in [-0.05, 0) is 13.1 Å². The molecule has 1 N–H and O–H groups in total. The minimum atomic E-state index is -0.300. The Balaban J connectivity index is 2.11.